The van der Waals surface area contributed by atoms with Crippen LogP contribution in [0.4, 0.5) is 4.79 Å². The average Bonchev–Trinajstić information content (AvgIpc) is 3.39. The number of carbonyl (C=O) groups excluding carboxylic acids is 2. The van der Waals surface area contributed by atoms with E-state index in [1.165, 1.54) is 0 Å². The summed E-state index contributed by atoms with van der Waals surface area (Å²) in [6.07, 6.45) is 0.530. The summed E-state index contributed by atoms with van der Waals surface area (Å²) >= 11 is 0. The summed E-state index contributed by atoms with van der Waals surface area (Å²) in [5.74, 6) is 0.500. The van der Waals surface area contributed by atoms with E-state index in [0.717, 1.165) is 25.3 Å². The summed E-state index contributed by atoms with van der Waals surface area (Å²) in [6.45, 7) is 0.00917. The van der Waals surface area contributed by atoms with E-state index < -0.39 is 28.2 Å². The number of hydrogen-bond donors (Lipinski definition) is 2. The Morgan fingerprint density at radius 1 is 0.694 bits per heavy atom. The first-order valence-electron chi connectivity index (χ1n) is 16.2. The van der Waals surface area contributed by atoms with Crippen LogP contribution >= 0.6 is 0 Å². The zero-order valence-corrected chi connectivity index (χ0v) is 27.7. The number of carbonyl (C=O) groups is 2. The van der Waals surface area contributed by atoms with Crippen molar-refractivity contribution >= 4 is 22.1 Å². The van der Waals surface area contributed by atoms with E-state index in [2.05, 4.69) is 10.6 Å². The van der Waals surface area contributed by atoms with Gasteiger partial charge in [-0.15, -0.1) is 0 Å². The molecule has 1 saturated heterocycles. The van der Waals surface area contributed by atoms with Gasteiger partial charge in [0.2, 0.25) is 5.91 Å². The normalized spacial score (nSPS) is 15.5. The lowest BCUT2D eigenvalue weighted by Crippen LogP contribution is -2.46. The highest BCUT2D eigenvalue weighted by atomic mass is 32.2. The van der Waals surface area contributed by atoms with Gasteiger partial charge in [0.05, 0.1) is 6.54 Å². The van der Waals surface area contributed by atoms with Gasteiger partial charge in [0, 0.05) is 25.6 Å². The Hall–Kier alpha value is -5.45. The van der Waals surface area contributed by atoms with Crippen molar-refractivity contribution in [2.24, 2.45) is 0 Å². The Balaban J connectivity index is 1.23. The molecule has 0 spiro atoms. The SMILES string of the molecule is O=C(NCC(c1ccccc1)c1ccccc1)C1CN(C(=O)NCCc2ccccc2)S(=O)(=O)N1Cc1cccc(Oc2ccccc2)c1. The summed E-state index contributed by atoms with van der Waals surface area (Å²) in [6, 6.07) is 43.6. The fourth-order valence-corrected chi connectivity index (χ4v) is 7.55. The van der Waals surface area contributed by atoms with E-state index in [1.807, 2.05) is 121 Å². The van der Waals surface area contributed by atoms with Crippen LogP contribution in [0.25, 0.3) is 0 Å². The van der Waals surface area contributed by atoms with Crippen LogP contribution in [-0.4, -0.2) is 54.6 Å². The number of nitrogens with one attached hydrogen (secondary N) is 2. The van der Waals surface area contributed by atoms with Gasteiger partial charge in [-0.2, -0.15) is 12.7 Å². The van der Waals surface area contributed by atoms with Crippen LogP contribution in [-0.2, 0) is 28.0 Å². The third-order valence-corrected chi connectivity index (χ3v) is 10.3. The van der Waals surface area contributed by atoms with E-state index in [4.69, 9.17) is 4.74 Å². The quantitative estimate of drug-likeness (QED) is 0.166. The second kappa shape index (κ2) is 15.6. The van der Waals surface area contributed by atoms with Gasteiger partial charge in [0.1, 0.15) is 17.5 Å². The van der Waals surface area contributed by atoms with Crippen LogP contribution in [0, 0.1) is 0 Å². The maximum Gasteiger partial charge on any atom is 0.332 e. The Labute approximate surface area is 287 Å². The van der Waals surface area contributed by atoms with Gasteiger partial charge in [0.25, 0.3) is 0 Å². The molecule has 0 aliphatic carbocycles. The fraction of sp³-hybridized carbons (Fsp3) is 0.179. The molecule has 5 aromatic rings. The smallest absolute Gasteiger partial charge is 0.332 e. The lowest BCUT2D eigenvalue weighted by atomic mass is 9.91. The predicted octanol–water partition coefficient (Wildman–Crippen LogP) is 6.11. The third kappa shape index (κ3) is 8.35. The molecule has 0 bridgehead atoms. The van der Waals surface area contributed by atoms with Crippen molar-refractivity contribution in [3.05, 3.63) is 168 Å². The van der Waals surface area contributed by atoms with Crippen molar-refractivity contribution in [2.45, 2.75) is 24.9 Å². The molecule has 49 heavy (non-hydrogen) atoms. The molecule has 1 aliphatic heterocycles. The summed E-state index contributed by atoms with van der Waals surface area (Å²) in [4.78, 5) is 27.3. The summed E-state index contributed by atoms with van der Waals surface area (Å²) in [7, 11) is -4.38. The van der Waals surface area contributed by atoms with Crippen LogP contribution < -0.4 is 15.4 Å². The first kappa shape index (κ1) is 33.5. The highest BCUT2D eigenvalue weighted by Gasteiger charge is 2.49. The first-order valence-corrected chi connectivity index (χ1v) is 17.6. The average molecular weight is 675 g/mol. The minimum absolute atomic E-state index is 0.138. The number of nitrogens with zero attached hydrogens (tertiary/aromatic N) is 2. The molecular weight excluding hydrogens is 637 g/mol. The Morgan fingerprint density at radius 3 is 1.88 bits per heavy atom. The lowest BCUT2D eigenvalue weighted by Gasteiger charge is -2.23. The standard InChI is InChI=1S/C39H38N4O5S/c44-38(41-27-36(32-17-7-2-8-18-32)33-19-9-3-10-20-33)37-29-43(39(45)40-25-24-30-14-5-1-6-15-30)49(46,47)42(37)28-31-16-13-23-35(26-31)48-34-21-11-4-12-22-34/h1-23,26,36-37H,24-25,27-29H2,(H,40,45)(H,41,44). The van der Waals surface area contributed by atoms with Crippen molar-refractivity contribution in [3.63, 3.8) is 0 Å². The first-order chi connectivity index (χ1) is 23.9. The van der Waals surface area contributed by atoms with Gasteiger partial charge in [-0.1, -0.05) is 121 Å². The van der Waals surface area contributed by atoms with E-state index in [-0.39, 0.29) is 32.1 Å². The summed E-state index contributed by atoms with van der Waals surface area (Å²) in [5, 5.41) is 5.75. The van der Waals surface area contributed by atoms with E-state index in [9.17, 15) is 18.0 Å². The Kier molecular flexibility index (Phi) is 10.7. The Morgan fingerprint density at radius 2 is 1.24 bits per heavy atom. The van der Waals surface area contributed by atoms with Crippen molar-refractivity contribution in [1.82, 2.24) is 19.2 Å². The number of hydrogen-bond acceptors (Lipinski definition) is 5. The molecule has 1 atom stereocenters. The number of amides is 3. The summed E-state index contributed by atoms with van der Waals surface area (Å²) < 4.78 is 35.9. The second-order valence-electron chi connectivity index (χ2n) is 11.7. The molecule has 2 N–H and O–H groups in total. The minimum atomic E-state index is -4.38. The molecule has 10 heteroatoms. The zero-order chi connectivity index (χ0) is 34.1. The van der Waals surface area contributed by atoms with Crippen LogP contribution in [0.3, 0.4) is 0 Å². The van der Waals surface area contributed by atoms with Gasteiger partial charge in [-0.25, -0.2) is 9.10 Å². The molecule has 0 aromatic heterocycles. The van der Waals surface area contributed by atoms with E-state index >= 15 is 0 Å². The van der Waals surface area contributed by atoms with Gasteiger partial charge in [-0.3, -0.25) is 4.79 Å². The maximum atomic E-state index is 14.0. The van der Waals surface area contributed by atoms with Crippen molar-refractivity contribution < 1.29 is 22.7 Å². The van der Waals surface area contributed by atoms with E-state index in [0.29, 0.717) is 23.5 Å². The fourth-order valence-electron chi connectivity index (χ4n) is 5.90. The largest absolute Gasteiger partial charge is 0.457 e. The van der Waals surface area contributed by atoms with Crippen molar-refractivity contribution in [2.75, 3.05) is 19.6 Å². The molecule has 0 radical (unpaired) electrons. The van der Waals surface area contributed by atoms with Crippen LogP contribution in [0.15, 0.2) is 146 Å². The molecule has 6 rings (SSSR count). The highest BCUT2D eigenvalue weighted by Crippen LogP contribution is 2.29. The number of para-hydroxylation sites is 1. The van der Waals surface area contributed by atoms with Crippen molar-refractivity contribution in [3.8, 4) is 11.5 Å². The van der Waals surface area contributed by atoms with Crippen molar-refractivity contribution in [1.29, 1.82) is 0 Å². The number of rotatable bonds is 12. The molecule has 1 aliphatic rings. The Bertz CT molecular complexity index is 1910. The third-order valence-electron chi connectivity index (χ3n) is 8.42. The highest BCUT2D eigenvalue weighted by molar-refractivity contribution is 7.87. The van der Waals surface area contributed by atoms with Crippen LogP contribution in [0.2, 0.25) is 0 Å². The summed E-state index contributed by atoms with van der Waals surface area (Å²) in [5.41, 5.74) is 3.64. The molecule has 1 unspecified atom stereocenters. The van der Waals surface area contributed by atoms with Gasteiger partial charge >= 0.3 is 16.2 Å². The van der Waals surface area contributed by atoms with Gasteiger partial charge < -0.3 is 15.4 Å². The minimum Gasteiger partial charge on any atom is -0.457 e. The van der Waals surface area contributed by atoms with Gasteiger partial charge in [0.15, 0.2) is 0 Å². The molecule has 9 nitrogen and oxygen atoms in total. The zero-order valence-electron chi connectivity index (χ0n) is 26.9. The number of urea groups is 1. The molecule has 3 amide bonds. The molecule has 5 aromatic carbocycles. The molecule has 1 fully saturated rings. The van der Waals surface area contributed by atoms with Crippen LogP contribution in [0.5, 0.6) is 11.5 Å². The topological polar surface area (TPSA) is 108 Å². The number of benzene rings is 5. The molecule has 250 valence electrons. The lowest BCUT2D eigenvalue weighted by molar-refractivity contribution is -0.124. The molecular formula is C39H38N4O5S. The second-order valence-corrected chi connectivity index (χ2v) is 13.6. The van der Waals surface area contributed by atoms with Gasteiger partial charge in [-0.05, 0) is 52.9 Å². The van der Waals surface area contributed by atoms with E-state index in [1.54, 1.807) is 24.3 Å². The molecule has 0 saturated carbocycles. The number of ether oxygens (including phenoxy) is 1. The van der Waals surface area contributed by atoms with Crippen LogP contribution in [0.1, 0.15) is 28.2 Å². The monoisotopic (exact) mass is 674 g/mol. The predicted molar refractivity (Wildman–Crippen MR) is 189 cm³/mol. The maximum absolute atomic E-state index is 14.0. The molecule has 1 heterocycles.